The van der Waals surface area contributed by atoms with Gasteiger partial charge < -0.3 is 5.73 Å². The van der Waals surface area contributed by atoms with E-state index in [0.29, 0.717) is 0 Å². The van der Waals surface area contributed by atoms with Gasteiger partial charge in [-0.05, 0) is 56.2 Å². The number of hydrogen-bond acceptors (Lipinski definition) is 3. The Labute approximate surface area is 179 Å². The van der Waals surface area contributed by atoms with Crippen molar-refractivity contribution in [3.8, 4) is 0 Å². The number of allylic oxidation sites excluding steroid dienone is 2. The standard InChI is InChI=1S/C24H42N2O2S/c1-2-3-4-5-6-7-8-9-10-11-12-13-14-15-16-17-18-22-19-20-24(23(25)21-22)29(26,27)28/h9-10,19-21H,2-8,11-18,25H2,1H3,(H2,26,27,28)/b10-9-. The lowest BCUT2D eigenvalue weighted by Crippen LogP contribution is -2.14. The quantitative estimate of drug-likeness (QED) is 0.171. The first kappa shape index (κ1) is 25.7. The van der Waals surface area contributed by atoms with Crippen LogP contribution in [-0.4, -0.2) is 8.42 Å². The molecule has 0 unspecified atom stereocenters. The van der Waals surface area contributed by atoms with Gasteiger partial charge in [0.25, 0.3) is 0 Å². The largest absolute Gasteiger partial charge is 0.398 e. The predicted octanol–water partition coefficient (Wildman–Crippen LogP) is 6.50. The Hall–Kier alpha value is -1.33. The van der Waals surface area contributed by atoms with Crippen molar-refractivity contribution in [3.63, 3.8) is 0 Å². The molecular formula is C24H42N2O2S. The topological polar surface area (TPSA) is 86.2 Å². The maximum Gasteiger partial charge on any atom is 0.240 e. The van der Waals surface area contributed by atoms with Gasteiger partial charge in [0.1, 0.15) is 4.90 Å². The van der Waals surface area contributed by atoms with Crippen LogP contribution in [0.25, 0.3) is 0 Å². The molecule has 4 nitrogen and oxygen atoms in total. The Balaban J connectivity index is 1.97. The molecule has 0 aliphatic heterocycles. The lowest BCUT2D eigenvalue weighted by atomic mass is 10.0. The lowest BCUT2D eigenvalue weighted by molar-refractivity contribution is 0.595. The maximum absolute atomic E-state index is 11.4. The van der Waals surface area contributed by atoms with E-state index in [-0.39, 0.29) is 10.6 Å². The van der Waals surface area contributed by atoms with Crippen LogP contribution in [0.1, 0.15) is 102 Å². The van der Waals surface area contributed by atoms with Crippen LogP contribution in [0.15, 0.2) is 35.2 Å². The smallest absolute Gasteiger partial charge is 0.240 e. The van der Waals surface area contributed by atoms with E-state index >= 15 is 0 Å². The zero-order valence-electron chi connectivity index (χ0n) is 18.4. The van der Waals surface area contributed by atoms with E-state index in [9.17, 15) is 8.42 Å². The fraction of sp³-hybridized carbons (Fsp3) is 0.667. The van der Waals surface area contributed by atoms with Crippen molar-refractivity contribution in [1.82, 2.24) is 0 Å². The maximum atomic E-state index is 11.4. The molecule has 1 aromatic carbocycles. The summed E-state index contributed by atoms with van der Waals surface area (Å²) in [6, 6.07) is 5.06. The summed E-state index contributed by atoms with van der Waals surface area (Å²) in [4.78, 5) is 0.0160. The molecule has 0 atom stereocenters. The predicted molar refractivity (Wildman–Crippen MR) is 125 cm³/mol. The summed E-state index contributed by atoms with van der Waals surface area (Å²) < 4.78 is 22.8. The number of aryl methyl sites for hydroxylation is 1. The van der Waals surface area contributed by atoms with Gasteiger partial charge >= 0.3 is 0 Å². The molecule has 166 valence electrons. The second-order valence-corrected chi connectivity index (χ2v) is 9.63. The van der Waals surface area contributed by atoms with Gasteiger partial charge in [0.2, 0.25) is 10.0 Å². The first-order chi connectivity index (χ1) is 13.9. The van der Waals surface area contributed by atoms with Crippen molar-refractivity contribution < 1.29 is 8.42 Å². The Morgan fingerprint density at radius 1 is 0.793 bits per heavy atom. The summed E-state index contributed by atoms with van der Waals surface area (Å²) in [5.41, 5.74) is 7.12. The van der Waals surface area contributed by atoms with E-state index < -0.39 is 10.0 Å². The number of anilines is 1. The van der Waals surface area contributed by atoms with Crippen LogP contribution in [0.2, 0.25) is 0 Å². The minimum absolute atomic E-state index is 0.0160. The number of rotatable bonds is 17. The van der Waals surface area contributed by atoms with Crippen molar-refractivity contribution in [2.24, 2.45) is 5.14 Å². The summed E-state index contributed by atoms with van der Waals surface area (Å²) in [6.45, 7) is 2.26. The Kier molecular flexibility index (Phi) is 13.7. The average molecular weight is 423 g/mol. The first-order valence-electron chi connectivity index (χ1n) is 11.5. The van der Waals surface area contributed by atoms with Gasteiger partial charge in [0.05, 0.1) is 5.69 Å². The molecule has 0 amide bonds. The molecular weight excluding hydrogens is 380 g/mol. The molecule has 0 spiro atoms. The molecule has 1 aromatic rings. The molecule has 29 heavy (non-hydrogen) atoms. The van der Waals surface area contributed by atoms with Gasteiger partial charge in [-0.3, -0.25) is 0 Å². The molecule has 0 heterocycles. The highest BCUT2D eigenvalue weighted by molar-refractivity contribution is 7.89. The van der Waals surface area contributed by atoms with E-state index in [1.807, 2.05) is 6.07 Å². The summed E-state index contributed by atoms with van der Waals surface area (Å²) in [7, 11) is -3.73. The first-order valence-corrected chi connectivity index (χ1v) is 13.1. The van der Waals surface area contributed by atoms with Gasteiger partial charge in [-0.2, -0.15) is 0 Å². The average Bonchev–Trinajstić information content (AvgIpc) is 2.66. The number of nitrogens with two attached hydrogens (primary N) is 2. The van der Waals surface area contributed by atoms with E-state index in [4.69, 9.17) is 10.9 Å². The summed E-state index contributed by atoms with van der Waals surface area (Å²) >= 11 is 0. The second kappa shape index (κ2) is 15.5. The molecule has 0 bridgehead atoms. The van der Waals surface area contributed by atoms with E-state index in [0.717, 1.165) is 18.4 Å². The van der Waals surface area contributed by atoms with Crippen LogP contribution in [0.5, 0.6) is 0 Å². The van der Waals surface area contributed by atoms with Crippen molar-refractivity contribution in [2.75, 3.05) is 5.73 Å². The van der Waals surface area contributed by atoms with Gasteiger partial charge in [-0.25, -0.2) is 13.6 Å². The van der Waals surface area contributed by atoms with Crippen LogP contribution in [0.3, 0.4) is 0 Å². The van der Waals surface area contributed by atoms with Crippen LogP contribution < -0.4 is 10.9 Å². The lowest BCUT2D eigenvalue weighted by Gasteiger charge is -2.07. The van der Waals surface area contributed by atoms with Gasteiger partial charge in [-0.15, -0.1) is 0 Å². The van der Waals surface area contributed by atoms with E-state index in [1.165, 1.54) is 89.5 Å². The number of benzene rings is 1. The third kappa shape index (κ3) is 12.8. The third-order valence-corrected chi connectivity index (χ3v) is 6.34. The van der Waals surface area contributed by atoms with E-state index in [2.05, 4.69) is 19.1 Å². The number of sulfonamides is 1. The Bertz CT molecular complexity index is 684. The minimum Gasteiger partial charge on any atom is -0.398 e. The van der Waals surface area contributed by atoms with Crippen LogP contribution in [-0.2, 0) is 16.4 Å². The third-order valence-electron chi connectivity index (χ3n) is 5.36. The molecule has 0 aromatic heterocycles. The molecule has 0 fully saturated rings. The molecule has 1 rings (SSSR count). The normalized spacial score (nSPS) is 12.1. The number of unbranched alkanes of at least 4 members (excludes halogenated alkanes) is 12. The van der Waals surface area contributed by atoms with Gasteiger partial charge in [-0.1, -0.05) is 82.9 Å². The molecule has 0 saturated heterocycles. The van der Waals surface area contributed by atoms with Crippen LogP contribution in [0, 0.1) is 0 Å². The number of primary sulfonamides is 1. The fourth-order valence-corrected chi connectivity index (χ4v) is 4.23. The highest BCUT2D eigenvalue weighted by atomic mass is 32.2. The van der Waals surface area contributed by atoms with Crippen molar-refractivity contribution >= 4 is 15.7 Å². The van der Waals surface area contributed by atoms with Crippen LogP contribution in [0.4, 0.5) is 5.69 Å². The molecule has 0 radical (unpaired) electrons. The Morgan fingerprint density at radius 3 is 1.83 bits per heavy atom. The summed E-state index contributed by atoms with van der Waals surface area (Å²) in [6.07, 6.45) is 23.8. The number of nitrogen functional groups attached to an aromatic ring is 1. The van der Waals surface area contributed by atoms with Crippen molar-refractivity contribution in [2.45, 2.75) is 108 Å². The monoisotopic (exact) mass is 422 g/mol. The van der Waals surface area contributed by atoms with Crippen LogP contribution >= 0.6 is 0 Å². The molecule has 0 saturated carbocycles. The molecule has 0 aliphatic rings. The fourth-order valence-electron chi connectivity index (χ4n) is 3.59. The number of hydrogen-bond donors (Lipinski definition) is 2. The highest BCUT2D eigenvalue weighted by Gasteiger charge is 2.12. The van der Waals surface area contributed by atoms with Crippen molar-refractivity contribution in [3.05, 3.63) is 35.9 Å². The second-order valence-electron chi connectivity index (χ2n) is 8.11. The summed E-state index contributed by atoms with van der Waals surface area (Å²) in [5.74, 6) is 0. The van der Waals surface area contributed by atoms with Gasteiger partial charge in [0.15, 0.2) is 0 Å². The zero-order chi connectivity index (χ0) is 21.4. The molecule has 0 aliphatic carbocycles. The zero-order valence-corrected chi connectivity index (χ0v) is 19.2. The highest BCUT2D eigenvalue weighted by Crippen LogP contribution is 2.20. The van der Waals surface area contributed by atoms with Gasteiger partial charge in [0, 0.05) is 0 Å². The SMILES string of the molecule is CCCCCCCC/C=C\CCCCCCCCc1ccc(S(N)(=O)=O)c(N)c1. The minimum atomic E-state index is -3.73. The Morgan fingerprint density at radius 2 is 1.31 bits per heavy atom. The molecule has 5 heteroatoms. The molecule has 4 N–H and O–H groups in total. The summed E-state index contributed by atoms with van der Waals surface area (Å²) in [5, 5.41) is 5.14. The van der Waals surface area contributed by atoms with E-state index in [1.54, 1.807) is 6.07 Å². The van der Waals surface area contributed by atoms with Crippen molar-refractivity contribution in [1.29, 1.82) is 0 Å².